The van der Waals surface area contributed by atoms with Gasteiger partial charge in [-0.25, -0.2) is 4.39 Å². The number of benzene rings is 1. The van der Waals surface area contributed by atoms with Crippen LogP contribution in [0.1, 0.15) is 18.5 Å². The highest BCUT2D eigenvalue weighted by Gasteiger charge is 2.13. The maximum atomic E-state index is 12.9. The minimum atomic E-state index is -0.813. The van der Waals surface area contributed by atoms with Gasteiger partial charge in [0.15, 0.2) is 11.6 Å². The smallest absolute Gasteiger partial charge is 0.183 e. The van der Waals surface area contributed by atoms with Gasteiger partial charge in [-0.3, -0.25) is 0 Å². The number of hydrogen-bond acceptors (Lipinski definition) is 2. The fourth-order valence-corrected chi connectivity index (χ4v) is 1.07. The van der Waals surface area contributed by atoms with Crippen molar-refractivity contribution in [2.24, 2.45) is 5.73 Å². The van der Waals surface area contributed by atoms with E-state index >= 15 is 0 Å². The van der Waals surface area contributed by atoms with E-state index in [4.69, 9.17) is 17.3 Å². The lowest BCUT2D eigenvalue weighted by atomic mass is 10.1. The Morgan fingerprint density at radius 2 is 2.17 bits per heavy atom. The van der Waals surface area contributed by atoms with Crippen molar-refractivity contribution in [2.45, 2.75) is 13.0 Å². The van der Waals surface area contributed by atoms with E-state index in [0.717, 1.165) is 0 Å². The number of phenols is 1. The molecule has 2 nitrogen and oxygen atoms in total. The summed E-state index contributed by atoms with van der Waals surface area (Å²) in [5.74, 6) is -1.27. The molecule has 1 aromatic rings. The summed E-state index contributed by atoms with van der Waals surface area (Å²) in [4.78, 5) is 0. The maximum absolute atomic E-state index is 12.9. The quantitative estimate of drug-likeness (QED) is 0.712. The molecule has 0 aliphatic carbocycles. The molecule has 0 saturated heterocycles. The molecule has 0 aromatic heterocycles. The largest absolute Gasteiger partial charge is 0.505 e. The van der Waals surface area contributed by atoms with Gasteiger partial charge in [-0.1, -0.05) is 17.7 Å². The van der Waals surface area contributed by atoms with Crippen LogP contribution >= 0.6 is 11.6 Å². The van der Waals surface area contributed by atoms with Crippen LogP contribution in [0.4, 0.5) is 4.39 Å². The Hall–Kier alpha value is -0.800. The first-order valence-corrected chi connectivity index (χ1v) is 3.84. The predicted molar refractivity (Wildman–Crippen MR) is 45.7 cm³/mol. The molecule has 0 amide bonds. The number of hydrogen-bond donors (Lipinski definition) is 2. The molecule has 0 saturated carbocycles. The summed E-state index contributed by atoms with van der Waals surface area (Å²) in [6.07, 6.45) is 0. The molecule has 12 heavy (non-hydrogen) atoms. The molecule has 0 unspecified atom stereocenters. The SMILES string of the molecule is C[C@@H](N)c1ccc(Cl)c(F)c1O. The topological polar surface area (TPSA) is 46.2 Å². The van der Waals surface area contributed by atoms with Crippen molar-refractivity contribution in [3.05, 3.63) is 28.5 Å². The molecule has 0 radical (unpaired) electrons. The van der Waals surface area contributed by atoms with Crippen LogP contribution in [0.25, 0.3) is 0 Å². The summed E-state index contributed by atoms with van der Waals surface area (Å²) in [7, 11) is 0. The zero-order valence-corrected chi connectivity index (χ0v) is 7.27. The van der Waals surface area contributed by atoms with E-state index in [2.05, 4.69) is 0 Å². The Balaban J connectivity index is 3.27. The molecule has 1 aromatic carbocycles. The third kappa shape index (κ3) is 1.52. The van der Waals surface area contributed by atoms with Gasteiger partial charge in [-0.15, -0.1) is 0 Å². The van der Waals surface area contributed by atoms with Gasteiger partial charge >= 0.3 is 0 Å². The summed E-state index contributed by atoms with van der Waals surface area (Å²) >= 11 is 5.41. The zero-order valence-electron chi connectivity index (χ0n) is 6.51. The normalized spacial score (nSPS) is 13.0. The van der Waals surface area contributed by atoms with E-state index in [0.29, 0.717) is 5.56 Å². The van der Waals surface area contributed by atoms with Gasteiger partial charge in [0, 0.05) is 11.6 Å². The molecule has 0 bridgehead atoms. The van der Waals surface area contributed by atoms with Gasteiger partial charge in [0.25, 0.3) is 0 Å². The number of nitrogens with two attached hydrogens (primary N) is 1. The second kappa shape index (κ2) is 3.29. The molecular weight excluding hydrogens is 181 g/mol. The minimum absolute atomic E-state index is 0.100. The first-order chi connectivity index (χ1) is 5.54. The third-order valence-corrected chi connectivity index (χ3v) is 1.88. The third-order valence-electron chi connectivity index (χ3n) is 1.59. The summed E-state index contributed by atoms with van der Waals surface area (Å²) in [5, 5.41) is 9.11. The molecular formula is C8H9ClFNO. The van der Waals surface area contributed by atoms with Crippen molar-refractivity contribution in [1.29, 1.82) is 0 Å². The molecule has 0 heterocycles. The second-order valence-electron chi connectivity index (χ2n) is 2.59. The summed E-state index contributed by atoms with van der Waals surface area (Å²) in [6.45, 7) is 1.66. The Bertz CT molecular complexity index is 301. The van der Waals surface area contributed by atoms with Crippen LogP contribution in [-0.2, 0) is 0 Å². The molecule has 1 rings (SSSR count). The lowest BCUT2D eigenvalue weighted by molar-refractivity contribution is 0.422. The fraction of sp³-hybridized carbons (Fsp3) is 0.250. The highest BCUT2D eigenvalue weighted by molar-refractivity contribution is 6.30. The van der Waals surface area contributed by atoms with Crippen LogP contribution in [0.3, 0.4) is 0 Å². The summed E-state index contributed by atoms with van der Waals surface area (Å²) in [6, 6.07) is 2.47. The number of halogens is 2. The van der Waals surface area contributed by atoms with Crippen molar-refractivity contribution in [3.8, 4) is 5.75 Å². The van der Waals surface area contributed by atoms with E-state index in [-0.39, 0.29) is 5.02 Å². The molecule has 0 fully saturated rings. The van der Waals surface area contributed by atoms with E-state index < -0.39 is 17.6 Å². The molecule has 66 valence electrons. The lowest BCUT2D eigenvalue weighted by Gasteiger charge is -2.08. The molecule has 0 aliphatic heterocycles. The van der Waals surface area contributed by atoms with E-state index in [9.17, 15) is 9.50 Å². The zero-order chi connectivity index (χ0) is 9.30. The van der Waals surface area contributed by atoms with Crippen LogP contribution in [0.15, 0.2) is 12.1 Å². The van der Waals surface area contributed by atoms with Crippen molar-refractivity contribution in [2.75, 3.05) is 0 Å². The van der Waals surface area contributed by atoms with Gasteiger partial charge in [-0.05, 0) is 13.0 Å². The summed E-state index contributed by atoms with van der Waals surface area (Å²) < 4.78 is 12.9. The van der Waals surface area contributed by atoms with Crippen molar-refractivity contribution in [3.63, 3.8) is 0 Å². The lowest BCUT2D eigenvalue weighted by Crippen LogP contribution is -2.05. The van der Waals surface area contributed by atoms with Gasteiger partial charge in [0.2, 0.25) is 0 Å². The Morgan fingerprint density at radius 1 is 1.58 bits per heavy atom. The second-order valence-corrected chi connectivity index (χ2v) is 3.00. The van der Waals surface area contributed by atoms with Gasteiger partial charge < -0.3 is 10.8 Å². The predicted octanol–water partition coefficient (Wildman–Crippen LogP) is 2.20. The van der Waals surface area contributed by atoms with Crippen LogP contribution in [0, 0.1) is 5.82 Å². The van der Waals surface area contributed by atoms with E-state index in [1.54, 1.807) is 6.92 Å². The average molecular weight is 190 g/mol. The van der Waals surface area contributed by atoms with E-state index in [1.165, 1.54) is 12.1 Å². The minimum Gasteiger partial charge on any atom is -0.505 e. The Labute approximate surface area is 74.8 Å². The van der Waals surface area contributed by atoms with Crippen LogP contribution in [0.2, 0.25) is 5.02 Å². The number of aromatic hydroxyl groups is 1. The molecule has 0 aliphatic rings. The molecule has 3 N–H and O–H groups in total. The van der Waals surface area contributed by atoms with Gasteiger partial charge in [0.1, 0.15) is 0 Å². The first-order valence-electron chi connectivity index (χ1n) is 3.46. The van der Waals surface area contributed by atoms with Crippen molar-refractivity contribution < 1.29 is 9.50 Å². The average Bonchev–Trinajstić information content (AvgIpc) is 2.00. The Kier molecular flexibility index (Phi) is 2.55. The highest BCUT2D eigenvalue weighted by atomic mass is 35.5. The fourth-order valence-electron chi connectivity index (χ4n) is 0.922. The van der Waals surface area contributed by atoms with Crippen LogP contribution < -0.4 is 5.73 Å². The van der Waals surface area contributed by atoms with Crippen LogP contribution in [0.5, 0.6) is 5.75 Å². The first kappa shape index (κ1) is 9.29. The molecule has 0 spiro atoms. The maximum Gasteiger partial charge on any atom is 0.183 e. The van der Waals surface area contributed by atoms with Crippen molar-refractivity contribution >= 4 is 11.6 Å². The highest BCUT2D eigenvalue weighted by Crippen LogP contribution is 2.30. The van der Waals surface area contributed by atoms with Crippen LogP contribution in [-0.4, -0.2) is 5.11 Å². The van der Waals surface area contributed by atoms with Crippen molar-refractivity contribution in [1.82, 2.24) is 0 Å². The Morgan fingerprint density at radius 3 is 2.67 bits per heavy atom. The van der Waals surface area contributed by atoms with Gasteiger partial charge in [-0.2, -0.15) is 0 Å². The van der Waals surface area contributed by atoms with E-state index in [1.807, 2.05) is 0 Å². The van der Waals surface area contributed by atoms with Gasteiger partial charge in [0.05, 0.1) is 5.02 Å². The number of rotatable bonds is 1. The number of phenolic OH excluding ortho intramolecular Hbond substituents is 1. The molecule has 4 heteroatoms. The monoisotopic (exact) mass is 189 g/mol. The molecule has 1 atom stereocenters. The standard InChI is InChI=1S/C8H9ClFNO/c1-4(11)5-2-3-6(9)7(10)8(5)12/h2-4,12H,11H2,1H3/t4-/m1/s1. The summed E-state index contributed by atoms with van der Waals surface area (Å²) in [5.41, 5.74) is 5.82.